The molecule has 0 aliphatic rings. The average Bonchev–Trinajstić information content (AvgIpc) is 2.73. The van der Waals surface area contributed by atoms with Gasteiger partial charge in [-0.15, -0.1) is 11.8 Å². The minimum absolute atomic E-state index is 1.02. The predicted molar refractivity (Wildman–Crippen MR) is 125 cm³/mol. The standard InChI is InChI=1S/C27H32S/c1-3-5-7-11-23-28-27-21-19-26(20-22-27)14-10-9-13-25-17-15-24(16-18-25)12-8-6-4-2/h15-22H,3-8,11-12,23H2,1-2H3. The third-order valence-corrected chi connectivity index (χ3v) is 5.72. The summed E-state index contributed by atoms with van der Waals surface area (Å²) in [6.45, 7) is 4.49. The largest absolute Gasteiger partial charge is 0.126 e. The normalized spacial score (nSPS) is 9.93. The maximum Gasteiger partial charge on any atom is 0.0256 e. The highest BCUT2D eigenvalue weighted by Gasteiger charge is 1.95. The molecule has 28 heavy (non-hydrogen) atoms. The number of hydrogen-bond acceptors (Lipinski definition) is 1. The van der Waals surface area contributed by atoms with Gasteiger partial charge in [0.2, 0.25) is 0 Å². The number of hydrogen-bond donors (Lipinski definition) is 0. The van der Waals surface area contributed by atoms with Gasteiger partial charge in [-0.25, -0.2) is 0 Å². The van der Waals surface area contributed by atoms with Gasteiger partial charge in [-0.3, -0.25) is 0 Å². The van der Waals surface area contributed by atoms with Crippen molar-refractivity contribution in [3.05, 3.63) is 65.2 Å². The van der Waals surface area contributed by atoms with E-state index in [0.29, 0.717) is 0 Å². The van der Waals surface area contributed by atoms with E-state index in [1.165, 1.54) is 61.2 Å². The third kappa shape index (κ3) is 9.21. The maximum absolute atomic E-state index is 3.14. The molecule has 0 fully saturated rings. The van der Waals surface area contributed by atoms with Gasteiger partial charge in [0.25, 0.3) is 0 Å². The molecule has 0 aliphatic heterocycles. The van der Waals surface area contributed by atoms with Crippen molar-refractivity contribution in [3.63, 3.8) is 0 Å². The van der Waals surface area contributed by atoms with E-state index in [9.17, 15) is 0 Å². The number of unbranched alkanes of at least 4 members (excludes halogenated alkanes) is 5. The number of thioether (sulfide) groups is 1. The molecule has 0 aliphatic carbocycles. The first-order valence-corrected chi connectivity index (χ1v) is 11.6. The second-order valence-electron chi connectivity index (χ2n) is 7.09. The summed E-state index contributed by atoms with van der Waals surface area (Å²) in [5, 5.41) is 0. The molecular formula is C27H32S. The molecule has 146 valence electrons. The summed E-state index contributed by atoms with van der Waals surface area (Å²) in [6, 6.07) is 17.1. The Hall–Kier alpha value is -2.09. The van der Waals surface area contributed by atoms with Crippen molar-refractivity contribution in [2.45, 2.75) is 70.1 Å². The fourth-order valence-corrected chi connectivity index (χ4v) is 3.81. The summed E-state index contributed by atoms with van der Waals surface area (Å²) >= 11 is 1.94. The minimum Gasteiger partial charge on any atom is -0.126 e. The Kier molecular flexibility index (Phi) is 11.1. The summed E-state index contributed by atoms with van der Waals surface area (Å²) in [5.41, 5.74) is 3.45. The lowest BCUT2D eigenvalue weighted by molar-refractivity contribution is 0.706. The van der Waals surface area contributed by atoms with Gasteiger partial charge < -0.3 is 0 Å². The molecule has 0 saturated carbocycles. The van der Waals surface area contributed by atoms with Crippen molar-refractivity contribution in [1.29, 1.82) is 0 Å². The van der Waals surface area contributed by atoms with E-state index >= 15 is 0 Å². The van der Waals surface area contributed by atoms with Gasteiger partial charge in [0.15, 0.2) is 0 Å². The van der Waals surface area contributed by atoms with Crippen LogP contribution in [0.25, 0.3) is 0 Å². The fraction of sp³-hybridized carbons (Fsp3) is 0.407. The lowest BCUT2D eigenvalue weighted by atomic mass is 10.1. The molecule has 2 aromatic carbocycles. The van der Waals surface area contributed by atoms with Crippen molar-refractivity contribution in [2.24, 2.45) is 0 Å². The molecule has 0 N–H and O–H groups in total. The van der Waals surface area contributed by atoms with Crippen molar-refractivity contribution in [1.82, 2.24) is 0 Å². The van der Waals surface area contributed by atoms with Crippen molar-refractivity contribution < 1.29 is 0 Å². The molecule has 0 amide bonds. The molecule has 0 unspecified atom stereocenters. The SMILES string of the molecule is CCCCCCSc1ccc(C#CC#Cc2ccc(CCCCC)cc2)cc1. The van der Waals surface area contributed by atoms with E-state index < -0.39 is 0 Å². The van der Waals surface area contributed by atoms with Crippen LogP contribution in [0.15, 0.2) is 53.4 Å². The summed E-state index contributed by atoms with van der Waals surface area (Å²) in [4.78, 5) is 1.33. The minimum atomic E-state index is 1.02. The molecule has 2 rings (SSSR count). The van der Waals surface area contributed by atoms with Gasteiger partial charge in [0, 0.05) is 16.0 Å². The second-order valence-corrected chi connectivity index (χ2v) is 8.26. The van der Waals surface area contributed by atoms with Crippen molar-refractivity contribution in [2.75, 3.05) is 5.75 Å². The molecule has 0 aromatic heterocycles. The first-order chi connectivity index (χ1) is 13.8. The molecular weight excluding hydrogens is 356 g/mol. The molecule has 0 heterocycles. The Morgan fingerprint density at radius 3 is 1.82 bits per heavy atom. The van der Waals surface area contributed by atoms with E-state index in [2.05, 4.69) is 86.1 Å². The Labute approximate surface area is 176 Å². The van der Waals surface area contributed by atoms with Crippen LogP contribution in [0.4, 0.5) is 0 Å². The zero-order chi connectivity index (χ0) is 19.9. The quantitative estimate of drug-likeness (QED) is 0.231. The Morgan fingerprint density at radius 2 is 1.21 bits per heavy atom. The highest BCUT2D eigenvalue weighted by molar-refractivity contribution is 7.99. The molecule has 0 atom stereocenters. The zero-order valence-corrected chi connectivity index (χ0v) is 18.2. The summed E-state index contributed by atoms with van der Waals surface area (Å²) in [5.74, 6) is 13.4. The fourth-order valence-electron chi connectivity index (χ4n) is 2.89. The van der Waals surface area contributed by atoms with E-state index in [1.807, 2.05) is 11.8 Å². The summed E-state index contributed by atoms with van der Waals surface area (Å²) in [7, 11) is 0. The third-order valence-electron chi connectivity index (χ3n) is 4.62. The molecule has 2 aromatic rings. The summed E-state index contributed by atoms with van der Waals surface area (Å²) in [6.07, 6.45) is 10.3. The Morgan fingerprint density at radius 1 is 0.643 bits per heavy atom. The van der Waals surface area contributed by atoms with Gasteiger partial charge >= 0.3 is 0 Å². The Bertz CT molecular complexity index is 792. The average molecular weight is 389 g/mol. The molecule has 1 heteroatoms. The number of benzene rings is 2. The maximum atomic E-state index is 3.14. The first-order valence-electron chi connectivity index (χ1n) is 10.7. The van der Waals surface area contributed by atoms with E-state index in [-0.39, 0.29) is 0 Å². The Balaban J connectivity index is 1.79. The van der Waals surface area contributed by atoms with Gasteiger partial charge in [0.1, 0.15) is 0 Å². The lowest BCUT2D eigenvalue weighted by Crippen LogP contribution is -1.85. The molecule has 0 radical (unpaired) electrons. The van der Waals surface area contributed by atoms with Crippen LogP contribution in [0.1, 0.15) is 75.5 Å². The first kappa shape index (κ1) is 22.2. The second kappa shape index (κ2) is 14.0. The van der Waals surface area contributed by atoms with Crippen molar-refractivity contribution >= 4 is 11.8 Å². The van der Waals surface area contributed by atoms with Crippen LogP contribution in [0, 0.1) is 23.7 Å². The van der Waals surface area contributed by atoms with Crippen LogP contribution in [0.5, 0.6) is 0 Å². The van der Waals surface area contributed by atoms with Gasteiger partial charge in [-0.1, -0.05) is 69.9 Å². The topological polar surface area (TPSA) is 0 Å². The van der Waals surface area contributed by atoms with Gasteiger partial charge in [-0.2, -0.15) is 0 Å². The smallest absolute Gasteiger partial charge is 0.0256 e. The van der Waals surface area contributed by atoms with Gasteiger partial charge in [0.05, 0.1) is 0 Å². The summed E-state index contributed by atoms with van der Waals surface area (Å²) < 4.78 is 0. The van der Waals surface area contributed by atoms with Gasteiger partial charge in [-0.05, 0) is 78.8 Å². The van der Waals surface area contributed by atoms with Crippen molar-refractivity contribution in [3.8, 4) is 23.7 Å². The molecule has 0 spiro atoms. The molecule has 0 nitrogen and oxygen atoms in total. The van der Waals surface area contributed by atoms with Crippen LogP contribution >= 0.6 is 11.8 Å². The highest BCUT2D eigenvalue weighted by atomic mass is 32.2. The molecule has 0 saturated heterocycles. The number of rotatable bonds is 10. The van der Waals surface area contributed by atoms with Crippen LogP contribution in [-0.4, -0.2) is 5.75 Å². The molecule has 0 bridgehead atoms. The predicted octanol–water partition coefficient (Wildman–Crippen LogP) is 7.49. The van der Waals surface area contributed by atoms with Crippen LogP contribution in [-0.2, 0) is 6.42 Å². The van der Waals surface area contributed by atoms with E-state index in [0.717, 1.165) is 17.5 Å². The monoisotopic (exact) mass is 388 g/mol. The van der Waals surface area contributed by atoms with Crippen LogP contribution in [0.2, 0.25) is 0 Å². The van der Waals surface area contributed by atoms with Crippen LogP contribution < -0.4 is 0 Å². The van der Waals surface area contributed by atoms with E-state index in [4.69, 9.17) is 0 Å². The van der Waals surface area contributed by atoms with E-state index in [1.54, 1.807) is 0 Å². The highest BCUT2D eigenvalue weighted by Crippen LogP contribution is 2.20. The zero-order valence-electron chi connectivity index (χ0n) is 17.4. The number of aryl methyl sites for hydroxylation is 1. The lowest BCUT2D eigenvalue weighted by Gasteiger charge is -2.01. The van der Waals surface area contributed by atoms with Crippen LogP contribution in [0.3, 0.4) is 0 Å².